The molecule has 3 rings (SSSR count). The molecular weight excluding hydrogens is 394 g/mol. The predicted molar refractivity (Wildman–Crippen MR) is 96.5 cm³/mol. The van der Waals surface area contributed by atoms with E-state index in [1.807, 2.05) is 0 Å². The first kappa shape index (κ1) is 20.8. The van der Waals surface area contributed by atoms with E-state index in [9.17, 15) is 8.96 Å². The van der Waals surface area contributed by atoms with Gasteiger partial charge in [0.2, 0.25) is 5.88 Å². The van der Waals surface area contributed by atoms with E-state index >= 15 is 0 Å². The van der Waals surface area contributed by atoms with Crippen LogP contribution in [0.1, 0.15) is 13.8 Å². The number of hydrogen-bond donors (Lipinski definition) is 0. The molecule has 0 radical (unpaired) electrons. The number of imidazole rings is 1. The van der Waals surface area contributed by atoms with E-state index in [4.69, 9.17) is 23.3 Å². The van der Waals surface area contributed by atoms with Crippen LogP contribution >= 0.6 is 7.60 Å². The van der Waals surface area contributed by atoms with Gasteiger partial charge in [-0.05, 0) is 13.8 Å². The Morgan fingerprint density at radius 2 is 2.00 bits per heavy atom. The minimum absolute atomic E-state index is 0.118. The highest BCUT2D eigenvalue weighted by atomic mass is 31.2. The van der Waals surface area contributed by atoms with Crippen molar-refractivity contribution in [3.63, 3.8) is 0 Å². The summed E-state index contributed by atoms with van der Waals surface area (Å²) in [5.41, 5.74) is 0.958. The van der Waals surface area contributed by atoms with Crippen LogP contribution in [-0.4, -0.2) is 58.6 Å². The van der Waals surface area contributed by atoms with Crippen LogP contribution in [0.5, 0.6) is 5.88 Å². The van der Waals surface area contributed by atoms with Crippen molar-refractivity contribution in [2.75, 3.05) is 26.7 Å². The van der Waals surface area contributed by atoms with Crippen molar-refractivity contribution >= 4 is 18.8 Å². The van der Waals surface area contributed by atoms with Gasteiger partial charge in [-0.25, -0.2) is 14.4 Å². The Morgan fingerprint density at radius 3 is 2.68 bits per heavy atom. The number of aromatic nitrogens is 4. The molecule has 2 aromatic heterocycles. The zero-order valence-corrected chi connectivity index (χ0v) is 16.7. The lowest BCUT2D eigenvalue weighted by Gasteiger charge is -2.20. The van der Waals surface area contributed by atoms with Crippen LogP contribution in [0.3, 0.4) is 0 Å². The molecule has 2 atom stereocenters. The molecule has 12 heteroatoms. The van der Waals surface area contributed by atoms with E-state index in [2.05, 4.69) is 15.0 Å². The van der Waals surface area contributed by atoms with Crippen molar-refractivity contribution in [2.24, 2.45) is 0 Å². The molecule has 10 nitrogen and oxygen atoms in total. The fraction of sp³-hybridized carbons (Fsp3) is 0.562. The number of ether oxygens (including phenoxy) is 3. The van der Waals surface area contributed by atoms with E-state index < -0.39 is 25.8 Å². The number of fused-ring (bicyclic) bond motifs is 1. The minimum atomic E-state index is -3.41. The Morgan fingerprint density at radius 1 is 1.25 bits per heavy atom. The average Bonchev–Trinajstić information content (AvgIpc) is 3.24. The number of halogens is 1. The van der Waals surface area contributed by atoms with Gasteiger partial charge in [0.1, 0.15) is 18.3 Å². The van der Waals surface area contributed by atoms with Crippen molar-refractivity contribution in [3.8, 4) is 5.88 Å². The lowest BCUT2D eigenvalue weighted by Crippen LogP contribution is -2.22. The third-order valence-electron chi connectivity index (χ3n) is 3.87. The standard InChI is InChI=1S/C16H22FN4O6P/c1-4-25-28(22,26-5-2)10-24-13-6-11(17)12(27-13)7-21-9-20-14-15(21)18-8-19-16(14)23-3/h6,8-9,12-13H,4-5,7,10H2,1-3H3/t12-,13-/m0/s1. The summed E-state index contributed by atoms with van der Waals surface area (Å²) in [7, 11) is -1.93. The number of hydrogen-bond acceptors (Lipinski definition) is 9. The second-order valence-electron chi connectivity index (χ2n) is 5.74. The molecule has 28 heavy (non-hydrogen) atoms. The first-order chi connectivity index (χ1) is 13.5. The fourth-order valence-electron chi connectivity index (χ4n) is 2.71. The molecule has 0 saturated carbocycles. The highest BCUT2D eigenvalue weighted by Gasteiger charge is 2.32. The summed E-state index contributed by atoms with van der Waals surface area (Å²) in [5, 5.41) is 0. The maximum absolute atomic E-state index is 14.3. The highest BCUT2D eigenvalue weighted by molar-refractivity contribution is 7.53. The molecular formula is C16H22FN4O6P. The maximum Gasteiger partial charge on any atom is 0.356 e. The zero-order valence-electron chi connectivity index (χ0n) is 15.8. The average molecular weight is 416 g/mol. The summed E-state index contributed by atoms with van der Waals surface area (Å²) in [6.45, 7) is 3.92. The Balaban J connectivity index is 1.64. The van der Waals surface area contributed by atoms with Gasteiger partial charge in [0.05, 0.1) is 33.2 Å². The monoisotopic (exact) mass is 416 g/mol. The number of methoxy groups -OCH3 is 1. The lowest BCUT2D eigenvalue weighted by molar-refractivity contribution is -0.114. The summed E-state index contributed by atoms with van der Waals surface area (Å²) < 4.78 is 54.7. The maximum atomic E-state index is 14.3. The largest absolute Gasteiger partial charge is 0.479 e. The van der Waals surface area contributed by atoms with E-state index in [-0.39, 0.29) is 26.1 Å². The van der Waals surface area contributed by atoms with Gasteiger partial charge in [0.15, 0.2) is 23.8 Å². The van der Waals surface area contributed by atoms with Gasteiger partial charge in [0.25, 0.3) is 0 Å². The number of nitrogens with zero attached hydrogens (tertiary/aromatic N) is 4. The molecule has 1 aliphatic heterocycles. The molecule has 0 saturated heterocycles. The molecule has 3 heterocycles. The molecule has 0 spiro atoms. The lowest BCUT2D eigenvalue weighted by atomic mass is 10.3. The Kier molecular flexibility index (Phi) is 6.73. The molecule has 0 bridgehead atoms. The van der Waals surface area contributed by atoms with Gasteiger partial charge in [-0.1, -0.05) is 0 Å². The predicted octanol–water partition coefficient (Wildman–Crippen LogP) is 2.65. The molecule has 0 aromatic carbocycles. The third-order valence-corrected chi connectivity index (χ3v) is 5.64. The molecule has 0 aliphatic carbocycles. The van der Waals surface area contributed by atoms with Gasteiger partial charge < -0.3 is 27.8 Å². The fourth-order valence-corrected chi connectivity index (χ4v) is 4.05. The van der Waals surface area contributed by atoms with E-state index in [1.165, 1.54) is 25.8 Å². The van der Waals surface area contributed by atoms with E-state index in [0.29, 0.717) is 17.0 Å². The first-order valence-corrected chi connectivity index (χ1v) is 10.4. The first-order valence-electron chi connectivity index (χ1n) is 8.72. The molecule has 154 valence electrons. The Hall–Kier alpha value is -1.91. The van der Waals surface area contributed by atoms with Gasteiger partial charge in [0, 0.05) is 6.08 Å². The van der Waals surface area contributed by atoms with Crippen molar-refractivity contribution in [2.45, 2.75) is 32.8 Å². The topological polar surface area (TPSA) is 107 Å². The molecule has 0 fully saturated rings. The van der Waals surface area contributed by atoms with E-state index in [1.54, 1.807) is 18.4 Å². The van der Waals surface area contributed by atoms with Crippen LogP contribution in [0.25, 0.3) is 11.2 Å². The molecule has 1 aliphatic rings. The van der Waals surface area contributed by atoms with Crippen LogP contribution in [0.2, 0.25) is 0 Å². The van der Waals surface area contributed by atoms with Gasteiger partial charge in [-0.2, -0.15) is 4.98 Å². The molecule has 0 amide bonds. The summed E-state index contributed by atoms with van der Waals surface area (Å²) in [5.74, 6) is -0.175. The van der Waals surface area contributed by atoms with Crippen LogP contribution in [0, 0.1) is 0 Å². The van der Waals surface area contributed by atoms with Crippen LogP contribution in [0.15, 0.2) is 24.6 Å². The Labute approximate surface area is 161 Å². The zero-order chi connectivity index (χ0) is 20.1. The molecule has 0 unspecified atom stereocenters. The van der Waals surface area contributed by atoms with E-state index in [0.717, 1.165) is 0 Å². The van der Waals surface area contributed by atoms with Crippen molar-refractivity contribution in [1.29, 1.82) is 0 Å². The summed E-state index contributed by atoms with van der Waals surface area (Å²) in [6, 6.07) is 0. The van der Waals surface area contributed by atoms with Gasteiger partial charge in [-0.15, -0.1) is 0 Å². The molecule has 2 aromatic rings. The van der Waals surface area contributed by atoms with Gasteiger partial charge in [-0.3, -0.25) is 4.57 Å². The second-order valence-corrected chi connectivity index (χ2v) is 7.74. The van der Waals surface area contributed by atoms with Crippen LogP contribution < -0.4 is 4.74 Å². The normalized spacial score (nSPS) is 19.9. The smallest absolute Gasteiger partial charge is 0.356 e. The van der Waals surface area contributed by atoms with Crippen molar-refractivity contribution in [1.82, 2.24) is 19.5 Å². The third kappa shape index (κ3) is 4.56. The summed E-state index contributed by atoms with van der Waals surface area (Å²) in [6.07, 6.45) is 1.78. The Bertz CT molecular complexity index is 881. The van der Waals surface area contributed by atoms with Gasteiger partial charge >= 0.3 is 7.60 Å². The quantitative estimate of drug-likeness (QED) is 0.540. The molecule has 0 N–H and O–H groups in total. The highest BCUT2D eigenvalue weighted by Crippen LogP contribution is 2.48. The van der Waals surface area contributed by atoms with Crippen molar-refractivity contribution < 1.29 is 32.2 Å². The summed E-state index contributed by atoms with van der Waals surface area (Å²) in [4.78, 5) is 12.3. The second kappa shape index (κ2) is 9.06. The van der Waals surface area contributed by atoms with Crippen LogP contribution in [0.4, 0.5) is 4.39 Å². The minimum Gasteiger partial charge on any atom is -0.479 e. The van der Waals surface area contributed by atoms with Crippen molar-refractivity contribution in [3.05, 3.63) is 24.6 Å². The SMILES string of the molecule is CCOP(=O)(CO[C@@H]1C=C(F)[C@H](Cn2cnc3c(OC)ncnc32)O1)OCC. The van der Waals surface area contributed by atoms with Crippen LogP contribution in [-0.2, 0) is 29.6 Å². The number of rotatable bonds is 10. The summed E-state index contributed by atoms with van der Waals surface area (Å²) >= 11 is 0.